The quantitative estimate of drug-likeness (QED) is 0.515. The minimum Gasteiger partial charge on any atom is -0.397 e. The van der Waals surface area contributed by atoms with Crippen molar-refractivity contribution in [1.82, 2.24) is 0 Å². The third-order valence-corrected chi connectivity index (χ3v) is 1.99. The third kappa shape index (κ3) is 2.71. The highest BCUT2D eigenvalue weighted by atomic mass is 14.7. The van der Waals surface area contributed by atoms with E-state index in [9.17, 15) is 0 Å². The molecular weight excluding hydrogens is 186 g/mol. The van der Waals surface area contributed by atoms with Gasteiger partial charge in [0, 0.05) is 5.56 Å². The summed E-state index contributed by atoms with van der Waals surface area (Å²) in [5.41, 5.74) is 13.2. The third-order valence-electron chi connectivity index (χ3n) is 1.99. The van der Waals surface area contributed by atoms with Crippen LogP contribution in [0.25, 0.3) is 0 Å². The molecular formula is C12H15N3. The fourth-order valence-corrected chi connectivity index (χ4v) is 1.17. The Morgan fingerprint density at radius 1 is 1.20 bits per heavy atom. The van der Waals surface area contributed by atoms with Crippen LogP contribution in [0.15, 0.2) is 53.9 Å². The molecule has 5 N–H and O–H groups in total. The van der Waals surface area contributed by atoms with Gasteiger partial charge in [0.25, 0.3) is 0 Å². The summed E-state index contributed by atoms with van der Waals surface area (Å²) < 4.78 is 0. The van der Waals surface area contributed by atoms with Crippen molar-refractivity contribution in [1.29, 1.82) is 5.41 Å². The Labute approximate surface area is 89.6 Å². The Morgan fingerprint density at radius 3 is 2.33 bits per heavy atom. The van der Waals surface area contributed by atoms with E-state index in [1.807, 2.05) is 37.3 Å². The van der Waals surface area contributed by atoms with Gasteiger partial charge in [0.05, 0.1) is 17.1 Å². The Balaban J connectivity index is 3.01. The largest absolute Gasteiger partial charge is 0.397 e. The molecule has 0 heterocycles. The highest BCUT2D eigenvalue weighted by Crippen LogP contribution is 2.06. The molecule has 15 heavy (non-hydrogen) atoms. The Hall–Kier alpha value is -2.03. The molecule has 0 fully saturated rings. The molecule has 0 radical (unpaired) electrons. The number of benzene rings is 1. The fourth-order valence-electron chi connectivity index (χ4n) is 1.17. The van der Waals surface area contributed by atoms with Crippen molar-refractivity contribution in [2.45, 2.75) is 6.92 Å². The number of nitrogens with two attached hydrogens (primary N) is 2. The molecule has 3 nitrogen and oxygen atoms in total. The van der Waals surface area contributed by atoms with Gasteiger partial charge in [-0.3, -0.25) is 5.41 Å². The number of nitrogens with one attached hydrogen (secondary N) is 1. The molecule has 0 atom stereocenters. The lowest BCUT2D eigenvalue weighted by molar-refractivity contribution is 1.28. The van der Waals surface area contributed by atoms with Crippen LogP contribution < -0.4 is 11.5 Å². The van der Waals surface area contributed by atoms with Crippen LogP contribution in [-0.2, 0) is 0 Å². The molecule has 0 spiro atoms. The van der Waals surface area contributed by atoms with Gasteiger partial charge in [-0.15, -0.1) is 0 Å². The molecule has 1 aromatic carbocycles. The highest BCUT2D eigenvalue weighted by molar-refractivity contribution is 6.10. The average molecular weight is 201 g/mol. The first-order valence-corrected chi connectivity index (χ1v) is 4.69. The molecule has 3 heteroatoms. The molecule has 0 aliphatic rings. The molecule has 0 aromatic heterocycles. The van der Waals surface area contributed by atoms with Gasteiger partial charge < -0.3 is 11.5 Å². The lowest BCUT2D eigenvalue weighted by Gasteiger charge is -2.06. The first kappa shape index (κ1) is 11.0. The van der Waals surface area contributed by atoms with Crippen molar-refractivity contribution < 1.29 is 0 Å². The van der Waals surface area contributed by atoms with E-state index in [2.05, 4.69) is 0 Å². The van der Waals surface area contributed by atoms with E-state index in [4.69, 9.17) is 16.9 Å². The summed E-state index contributed by atoms with van der Waals surface area (Å²) in [5, 5.41) is 7.85. The second-order valence-electron chi connectivity index (χ2n) is 3.11. The minimum atomic E-state index is 0.256. The van der Waals surface area contributed by atoms with Crippen LogP contribution in [0.1, 0.15) is 12.5 Å². The summed E-state index contributed by atoms with van der Waals surface area (Å²) in [4.78, 5) is 0. The molecule has 0 bridgehead atoms. The van der Waals surface area contributed by atoms with Crippen molar-refractivity contribution in [2.24, 2.45) is 11.5 Å². The van der Waals surface area contributed by atoms with Crippen LogP contribution in [-0.4, -0.2) is 5.71 Å². The summed E-state index contributed by atoms with van der Waals surface area (Å²) in [6.07, 6.45) is 3.48. The topological polar surface area (TPSA) is 75.9 Å². The zero-order valence-corrected chi connectivity index (χ0v) is 8.70. The van der Waals surface area contributed by atoms with Crippen molar-refractivity contribution in [3.63, 3.8) is 0 Å². The maximum absolute atomic E-state index is 7.85. The van der Waals surface area contributed by atoms with Crippen LogP contribution in [0.3, 0.4) is 0 Å². The molecule has 1 aromatic rings. The van der Waals surface area contributed by atoms with Gasteiger partial charge in [0.1, 0.15) is 0 Å². The van der Waals surface area contributed by atoms with E-state index in [1.54, 1.807) is 12.2 Å². The van der Waals surface area contributed by atoms with E-state index in [0.29, 0.717) is 11.4 Å². The molecule has 1 rings (SSSR count). The summed E-state index contributed by atoms with van der Waals surface area (Å²) in [7, 11) is 0. The second kappa shape index (κ2) is 5.00. The predicted molar refractivity (Wildman–Crippen MR) is 63.5 cm³/mol. The van der Waals surface area contributed by atoms with Crippen LogP contribution >= 0.6 is 0 Å². The Morgan fingerprint density at radius 2 is 1.80 bits per heavy atom. The maximum atomic E-state index is 7.85. The summed E-state index contributed by atoms with van der Waals surface area (Å²) >= 11 is 0. The van der Waals surface area contributed by atoms with Crippen molar-refractivity contribution in [2.75, 3.05) is 0 Å². The van der Waals surface area contributed by atoms with E-state index >= 15 is 0 Å². The number of hydrogen-bond donors (Lipinski definition) is 3. The SMILES string of the molecule is C/C=C\C(N)=C(/N)C(=N)c1ccccc1. The minimum absolute atomic E-state index is 0.256. The van der Waals surface area contributed by atoms with E-state index in [1.165, 1.54) is 0 Å². The van der Waals surface area contributed by atoms with Gasteiger partial charge >= 0.3 is 0 Å². The lowest BCUT2D eigenvalue weighted by atomic mass is 10.1. The molecule has 0 aliphatic carbocycles. The van der Waals surface area contributed by atoms with E-state index in [0.717, 1.165) is 5.56 Å². The first-order valence-electron chi connectivity index (χ1n) is 4.69. The monoisotopic (exact) mass is 201 g/mol. The fraction of sp³-hybridized carbons (Fsp3) is 0.0833. The van der Waals surface area contributed by atoms with Gasteiger partial charge in [0.15, 0.2) is 0 Å². The normalized spacial score (nSPS) is 12.6. The Kier molecular flexibility index (Phi) is 3.68. The molecule has 0 amide bonds. The average Bonchev–Trinajstić information content (AvgIpc) is 2.28. The van der Waals surface area contributed by atoms with Crippen LogP contribution in [0.2, 0.25) is 0 Å². The molecule has 0 saturated carbocycles. The lowest BCUT2D eigenvalue weighted by Crippen LogP contribution is -2.17. The molecule has 0 saturated heterocycles. The first-order chi connectivity index (χ1) is 7.16. The van der Waals surface area contributed by atoms with Crippen molar-refractivity contribution >= 4 is 5.71 Å². The zero-order chi connectivity index (χ0) is 11.3. The predicted octanol–water partition coefficient (Wildman–Crippen LogP) is 1.76. The van der Waals surface area contributed by atoms with Crippen LogP contribution in [0, 0.1) is 5.41 Å². The second-order valence-corrected chi connectivity index (χ2v) is 3.11. The smallest absolute Gasteiger partial charge is 0.0862 e. The van der Waals surface area contributed by atoms with Crippen LogP contribution in [0.4, 0.5) is 0 Å². The van der Waals surface area contributed by atoms with Gasteiger partial charge in [-0.25, -0.2) is 0 Å². The van der Waals surface area contributed by atoms with Crippen molar-refractivity contribution in [3.05, 3.63) is 59.4 Å². The number of allylic oxidation sites excluding steroid dienone is 3. The molecule has 0 aliphatic heterocycles. The summed E-state index contributed by atoms with van der Waals surface area (Å²) in [6.45, 7) is 1.85. The van der Waals surface area contributed by atoms with Gasteiger partial charge in [0.2, 0.25) is 0 Å². The summed E-state index contributed by atoms with van der Waals surface area (Å²) in [6, 6.07) is 9.29. The van der Waals surface area contributed by atoms with Crippen molar-refractivity contribution in [3.8, 4) is 0 Å². The van der Waals surface area contributed by atoms with Crippen LogP contribution in [0.5, 0.6) is 0 Å². The van der Waals surface area contributed by atoms with Gasteiger partial charge in [-0.2, -0.15) is 0 Å². The van der Waals surface area contributed by atoms with Gasteiger partial charge in [-0.05, 0) is 13.0 Å². The number of hydrogen-bond acceptors (Lipinski definition) is 3. The van der Waals surface area contributed by atoms with Gasteiger partial charge in [-0.1, -0.05) is 36.4 Å². The zero-order valence-electron chi connectivity index (χ0n) is 8.70. The Bertz CT molecular complexity index is 402. The number of rotatable bonds is 3. The molecule has 78 valence electrons. The highest BCUT2D eigenvalue weighted by Gasteiger charge is 2.05. The standard InChI is InChI=1S/C12H15N3/c1-2-6-10(13)12(15)11(14)9-7-4-3-5-8-9/h2-8,14H,13,15H2,1H3/b6-2-,12-10+,14-11?. The maximum Gasteiger partial charge on any atom is 0.0862 e. The summed E-state index contributed by atoms with van der Waals surface area (Å²) in [5.74, 6) is 0. The van der Waals surface area contributed by atoms with E-state index in [-0.39, 0.29) is 5.71 Å². The van der Waals surface area contributed by atoms with E-state index < -0.39 is 0 Å². The molecule has 0 unspecified atom stereocenters.